The lowest BCUT2D eigenvalue weighted by atomic mass is 10.0. The van der Waals surface area contributed by atoms with Crippen LogP contribution < -0.4 is 15.9 Å². The molecule has 5 rings (SSSR count). The lowest BCUT2D eigenvalue weighted by molar-refractivity contribution is 0.0659. The standard InChI is InChI=1S/C24H25N5O/c1-15-6-5-9-21(26-15)24-19(12-25-29-24)20-11-10-17-7-3-4-8-18(23(17)28-20)22-14-30-13-16(2)27-22/h4-12,16,22,27H,3,13-14H2,1-2H3,(H,25,29). The largest absolute Gasteiger partial charge is 0.378 e. The van der Waals surface area contributed by atoms with Crippen molar-refractivity contribution >= 4 is 11.6 Å². The van der Waals surface area contributed by atoms with Crippen molar-refractivity contribution in [3.8, 4) is 22.6 Å². The molecule has 0 bridgehead atoms. The van der Waals surface area contributed by atoms with Crippen LogP contribution in [0.1, 0.15) is 19.0 Å². The first kappa shape index (κ1) is 18.9. The first-order valence-corrected chi connectivity index (χ1v) is 10.4. The van der Waals surface area contributed by atoms with Crippen LogP contribution in [0.25, 0.3) is 34.3 Å². The molecule has 6 heteroatoms. The van der Waals surface area contributed by atoms with E-state index in [4.69, 9.17) is 9.72 Å². The summed E-state index contributed by atoms with van der Waals surface area (Å²) in [5.41, 5.74) is 5.72. The maximum atomic E-state index is 5.82. The fraction of sp³-hybridized carbons (Fsp3) is 0.292. The number of nitrogens with one attached hydrogen (secondary N) is 2. The Kier molecular flexibility index (Phi) is 5.02. The van der Waals surface area contributed by atoms with E-state index in [2.05, 4.69) is 57.8 Å². The highest BCUT2D eigenvalue weighted by molar-refractivity contribution is 5.77. The van der Waals surface area contributed by atoms with Gasteiger partial charge in [0.05, 0.1) is 47.9 Å². The van der Waals surface area contributed by atoms with Gasteiger partial charge in [0.2, 0.25) is 0 Å². The van der Waals surface area contributed by atoms with Crippen molar-refractivity contribution in [1.29, 1.82) is 0 Å². The van der Waals surface area contributed by atoms with Crippen molar-refractivity contribution in [2.75, 3.05) is 13.2 Å². The molecule has 0 spiro atoms. The smallest absolute Gasteiger partial charge is 0.0928 e. The van der Waals surface area contributed by atoms with E-state index in [1.165, 1.54) is 5.57 Å². The third-order valence-electron chi connectivity index (χ3n) is 5.54. The highest BCUT2D eigenvalue weighted by atomic mass is 16.5. The Hall–Kier alpha value is -3.09. The Labute approximate surface area is 175 Å². The van der Waals surface area contributed by atoms with Gasteiger partial charge < -0.3 is 10.1 Å². The summed E-state index contributed by atoms with van der Waals surface area (Å²) in [6.07, 6.45) is 9.33. The third-order valence-corrected chi connectivity index (χ3v) is 5.54. The Morgan fingerprint density at radius 1 is 1.07 bits per heavy atom. The molecule has 0 amide bonds. The van der Waals surface area contributed by atoms with Crippen LogP contribution in [0.5, 0.6) is 0 Å². The molecular weight excluding hydrogens is 374 g/mol. The number of hydrogen-bond donors (Lipinski definition) is 2. The molecule has 1 fully saturated rings. The van der Waals surface area contributed by atoms with Crippen molar-refractivity contribution < 1.29 is 4.74 Å². The van der Waals surface area contributed by atoms with Gasteiger partial charge in [0.1, 0.15) is 0 Å². The summed E-state index contributed by atoms with van der Waals surface area (Å²) < 4.78 is 5.82. The van der Waals surface area contributed by atoms with Crippen molar-refractivity contribution in [3.05, 3.63) is 64.9 Å². The molecule has 1 aliphatic heterocycles. The summed E-state index contributed by atoms with van der Waals surface area (Å²) in [6.45, 7) is 5.53. The molecule has 2 atom stereocenters. The van der Waals surface area contributed by atoms with Gasteiger partial charge in [-0.05, 0) is 49.3 Å². The van der Waals surface area contributed by atoms with Crippen LogP contribution in [0.2, 0.25) is 0 Å². The zero-order valence-corrected chi connectivity index (χ0v) is 17.2. The van der Waals surface area contributed by atoms with Crippen molar-refractivity contribution in [2.24, 2.45) is 0 Å². The van der Waals surface area contributed by atoms with Gasteiger partial charge in [0.25, 0.3) is 0 Å². The molecule has 2 aliphatic rings. The molecule has 4 heterocycles. The monoisotopic (exact) mass is 399 g/mol. The number of aryl methyl sites for hydroxylation is 1. The zero-order chi connectivity index (χ0) is 20.5. The normalized spacial score (nSPS) is 21.1. The molecular formula is C24H25N5O. The van der Waals surface area contributed by atoms with Crippen LogP contribution in [0.15, 0.2) is 48.7 Å². The van der Waals surface area contributed by atoms with Gasteiger partial charge in [0.15, 0.2) is 0 Å². The number of fused-ring (bicyclic) bond motifs is 1. The number of nitrogens with zero attached hydrogens (tertiary/aromatic N) is 3. The minimum atomic E-state index is 0.125. The summed E-state index contributed by atoms with van der Waals surface area (Å²) in [5, 5.41) is 13.2. The Bertz CT molecular complexity index is 1230. The lowest BCUT2D eigenvalue weighted by Crippen LogP contribution is -2.50. The van der Waals surface area contributed by atoms with Crippen LogP contribution in [0.3, 0.4) is 0 Å². The van der Waals surface area contributed by atoms with Crippen LogP contribution >= 0.6 is 0 Å². The molecule has 30 heavy (non-hydrogen) atoms. The predicted molar refractivity (Wildman–Crippen MR) is 118 cm³/mol. The van der Waals surface area contributed by atoms with Crippen LogP contribution in [0.4, 0.5) is 0 Å². The second-order valence-corrected chi connectivity index (χ2v) is 7.91. The minimum absolute atomic E-state index is 0.125. The first-order valence-electron chi connectivity index (χ1n) is 10.4. The number of hydrogen-bond acceptors (Lipinski definition) is 5. The molecule has 1 aliphatic carbocycles. The number of aromatic nitrogens is 4. The van der Waals surface area contributed by atoms with E-state index in [0.29, 0.717) is 12.6 Å². The van der Waals surface area contributed by atoms with Crippen LogP contribution in [0, 0.1) is 6.92 Å². The van der Waals surface area contributed by atoms with Gasteiger partial charge in [-0.15, -0.1) is 0 Å². The maximum Gasteiger partial charge on any atom is 0.0928 e. The molecule has 1 saturated heterocycles. The molecule has 0 saturated carbocycles. The SMILES string of the molecule is Cc1cccc(-c2[nH]ncc2-c2ccc3c(n2)=C(C2COCC(C)N2)C=CCC=3)n1. The fourth-order valence-electron chi connectivity index (χ4n) is 4.11. The van der Waals surface area contributed by atoms with Crippen molar-refractivity contribution in [3.63, 3.8) is 0 Å². The van der Waals surface area contributed by atoms with Gasteiger partial charge in [-0.25, -0.2) is 4.98 Å². The topological polar surface area (TPSA) is 75.7 Å². The van der Waals surface area contributed by atoms with E-state index < -0.39 is 0 Å². The van der Waals surface area contributed by atoms with E-state index in [1.54, 1.807) is 0 Å². The second-order valence-electron chi connectivity index (χ2n) is 7.91. The highest BCUT2D eigenvalue weighted by Gasteiger charge is 2.22. The Morgan fingerprint density at radius 2 is 2.00 bits per heavy atom. The van der Waals surface area contributed by atoms with Crippen LogP contribution in [-0.4, -0.2) is 45.5 Å². The number of H-pyrrole nitrogens is 1. The summed E-state index contributed by atoms with van der Waals surface area (Å²) in [6, 6.07) is 10.6. The average Bonchev–Trinajstić information content (AvgIpc) is 3.14. The van der Waals surface area contributed by atoms with Crippen molar-refractivity contribution in [1.82, 2.24) is 25.5 Å². The molecule has 2 unspecified atom stereocenters. The van der Waals surface area contributed by atoms with E-state index in [9.17, 15) is 0 Å². The summed E-state index contributed by atoms with van der Waals surface area (Å²) >= 11 is 0. The van der Waals surface area contributed by atoms with Gasteiger partial charge in [0, 0.05) is 17.3 Å². The highest BCUT2D eigenvalue weighted by Crippen LogP contribution is 2.27. The summed E-state index contributed by atoms with van der Waals surface area (Å²) in [4.78, 5) is 9.76. The van der Waals surface area contributed by atoms with E-state index in [-0.39, 0.29) is 6.04 Å². The van der Waals surface area contributed by atoms with E-state index in [1.807, 2.05) is 31.3 Å². The number of pyridine rings is 2. The van der Waals surface area contributed by atoms with Crippen molar-refractivity contribution in [2.45, 2.75) is 32.4 Å². The zero-order valence-electron chi connectivity index (χ0n) is 17.2. The Balaban J connectivity index is 1.66. The molecule has 2 N–H and O–H groups in total. The van der Waals surface area contributed by atoms with E-state index in [0.717, 1.165) is 51.9 Å². The molecule has 152 valence electrons. The average molecular weight is 399 g/mol. The van der Waals surface area contributed by atoms with E-state index >= 15 is 0 Å². The Morgan fingerprint density at radius 3 is 2.87 bits per heavy atom. The number of allylic oxidation sites excluding steroid dienone is 1. The molecule has 6 nitrogen and oxygen atoms in total. The molecule has 3 aromatic heterocycles. The summed E-state index contributed by atoms with van der Waals surface area (Å²) in [5.74, 6) is 0. The van der Waals surface area contributed by atoms with Gasteiger partial charge in [-0.1, -0.05) is 30.4 Å². The van der Waals surface area contributed by atoms with Gasteiger partial charge in [-0.3, -0.25) is 10.1 Å². The number of ether oxygens (including phenoxy) is 1. The number of aromatic amines is 1. The second kappa shape index (κ2) is 7.97. The minimum Gasteiger partial charge on any atom is -0.378 e. The quantitative estimate of drug-likeness (QED) is 0.706. The molecule has 0 aromatic carbocycles. The molecule has 3 aromatic rings. The van der Waals surface area contributed by atoms with Crippen LogP contribution in [-0.2, 0) is 4.74 Å². The number of rotatable bonds is 3. The first-order chi connectivity index (χ1) is 14.7. The number of morpholine rings is 1. The fourth-order valence-corrected chi connectivity index (χ4v) is 4.11. The summed E-state index contributed by atoms with van der Waals surface area (Å²) in [7, 11) is 0. The molecule has 0 radical (unpaired) electrons. The van der Waals surface area contributed by atoms with Gasteiger partial charge >= 0.3 is 0 Å². The predicted octanol–water partition coefficient (Wildman–Crippen LogP) is 2.11. The third kappa shape index (κ3) is 3.60. The maximum absolute atomic E-state index is 5.82. The van der Waals surface area contributed by atoms with Gasteiger partial charge in [-0.2, -0.15) is 5.10 Å². The lowest BCUT2D eigenvalue weighted by Gasteiger charge is -2.29.